The van der Waals surface area contributed by atoms with E-state index < -0.39 is 0 Å². The number of hydrogen-bond acceptors (Lipinski definition) is 6. The summed E-state index contributed by atoms with van der Waals surface area (Å²) in [6.45, 7) is 1.69. The first-order valence-electron chi connectivity index (χ1n) is 8.13. The predicted octanol–water partition coefficient (Wildman–Crippen LogP) is 0.333. The van der Waals surface area contributed by atoms with E-state index in [0.717, 1.165) is 12.8 Å². The van der Waals surface area contributed by atoms with Crippen LogP contribution in [0.15, 0.2) is 12.4 Å². The van der Waals surface area contributed by atoms with Crippen molar-refractivity contribution < 1.29 is 19.1 Å². The van der Waals surface area contributed by atoms with Crippen LogP contribution < -0.4 is 9.47 Å². The Morgan fingerprint density at radius 1 is 1.25 bits per heavy atom. The van der Waals surface area contributed by atoms with Crippen molar-refractivity contribution in [1.29, 1.82) is 0 Å². The molecule has 0 bridgehead atoms. The molecule has 3 heterocycles. The van der Waals surface area contributed by atoms with E-state index in [9.17, 15) is 9.59 Å². The first kappa shape index (κ1) is 16.5. The van der Waals surface area contributed by atoms with Gasteiger partial charge in [-0.25, -0.2) is 9.97 Å². The van der Waals surface area contributed by atoms with Gasteiger partial charge in [0.25, 0.3) is 11.8 Å². The number of rotatable bonds is 4. The Labute approximate surface area is 140 Å². The quantitative estimate of drug-likeness (QED) is 0.789. The van der Waals surface area contributed by atoms with Crippen molar-refractivity contribution in [3.05, 3.63) is 12.4 Å². The van der Waals surface area contributed by atoms with Crippen LogP contribution in [0.3, 0.4) is 0 Å². The molecule has 0 saturated carbocycles. The zero-order valence-electron chi connectivity index (χ0n) is 14.0. The Bertz CT molecular complexity index is 624. The molecule has 2 saturated heterocycles. The summed E-state index contributed by atoms with van der Waals surface area (Å²) in [6.07, 6.45) is 4.93. The summed E-state index contributed by atoms with van der Waals surface area (Å²) in [5, 5.41) is 0. The molecule has 1 aromatic rings. The van der Waals surface area contributed by atoms with Crippen LogP contribution in [-0.4, -0.2) is 71.5 Å². The molecule has 3 rings (SSSR count). The summed E-state index contributed by atoms with van der Waals surface area (Å²) in [4.78, 5) is 35.9. The minimum atomic E-state index is -0.243. The normalized spacial score (nSPS) is 24.2. The highest BCUT2D eigenvalue weighted by Gasteiger charge is 2.36. The molecule has 1 aromatic heterocycles. The van der Waals surface area contributed by atoms with E-state index in [2.05, 4.69) is 9.97 Å². The fraction of sp³-hybridized carbons (Fsp3) is 0.625. The van der Waals surface area contributed by atoms with Gasteiger partial charge in [0, 0.05) is 39.0 Å². The fourth-order valence-corrected chi connectivity index (χ4v) is 3.21. The second kappa shape index (κ2) is 7.02. The molecular weight excluding hydrogens is 312 g/mol. The molecule has 0 N–H and O–H groups in total. The molecule has 2 fully saturated rings. The maximum absolute atomic E-state index is 12.7. The summed E-state index contributed by atoms with van der Waals surface area (Å²) >= 11 is 0. The monoisotopic (exact) mass is 334 g/mol. The number of amides is 2. The Hall–Kier alpha value is -2.38. The maximum atomic E-state index is 12.7. The van der Waals surface area contributed by atoms with Crippen LogP contribution >= 0.6 is 0 Å². The highest BCUT2D eigenvalue weighted by atomic mass is 16.5. The number of piperidine rings is 1. The van der Waals surface area contributed by atoms with Crippen LogP contribution in [0.1, 0.15) is 19.3 Å². The molecule has 2 aliphatic rings. The smallest absolute Gasteiger partial charge is 0.278 e. The third-order valence-electron chi connectivity index (χ3n) is 4.48. The van der Waals surface area contributed by atoms with Crippen molar-refractivity contribution in [2.24, 2.45) is 5.92 Å². The number of nitrogens with zero attached hydrogens (tertiary/aromatic N) is 4. The van der Waals surface area contributed by atoms with Crippen molar-refractivity contribution in [3.63, 3.8) is 0 Å². The number of carbonyl (C=O) groups is 2. The molecule has 2 aliphatic heterocycles. The minimum Gasteiger partial charge on any atom is -0.477 e. The van der Waals surface area contributed by atoms with E-state index in [0.29, 0.717) is 37.8 Å². The summed E-state index contributed by atoms with van der Waals surface area (Å²) < 4.78 is 11.0. The summed E-state index contributed by atoms with van der Waals surface area (Å²) in [5.74, 6) is 0.501. The molecule has 24 heavy (non-hydrogen) atoms. The fourth-order valence-electron chi connectivity index (χ4n) is 3.21. The number of methoxy groups -OCH3 is 1. The summed E-state index contributed by atoms with van der Waals surface area (Å²) in [6, 6.07) is 0. The van der Waals surface area contributed by atoms with Crippen molar-refractivity contribution in [2.45, 2.75) is 25.4 Å². The topological polar surface area (TPSA) is 84.9 Å². The standard InChI is InChI=1S/C16H22N4O4/c1-19-9-11(8-13(19)21)16(22)20-7-3-4-12(10-20)24-15-14(23-2)17-5-6-18-15/h5-6,11-12H,3-4,7-10H2,1-2H3/t11-,12-/m0/s1. The van der Waals surface area contributed by atoms with Gasteiger partial charge in [0.1, 0.15) is 6.10 Å². The molecule has 8 heteroatoms. The zero-order valence-corrected chi connectivity index (χ0v) is 14.0. The van der Waals surface area contributed by atoms with E-state index in [1.54, 1.807) is 23.0 Å². The second-order valence-electron chi connectivity index (χ2n) is 6.21. The van der Waals surface area contributed by atoms with Gasteiger partial charge in [-0.05, 0) is 12.8 Å². The molecule has 2 atom stereocenters. The van der Waals surface area contributed by atoms with Crippen molar-refractivity contribution in [2.75, 3.05) is 33.8 Å². The first-order valence-corrected chi connectivity index (χ1v) is 8.13. The number of hydrogen-bond donors (Lipinski definition) is 0. The lowest BCUT2D eigenvalue weighted by Gasteiger charge is -2.34. The maximum Gasteiger partial charge on any atom is 0.278 e. The average molecular weight is 334 g/mol. The van der Waals surface area contributed by atoms with Crippen molar-refractivity contribution in [3.8, 4) is 11.8 Å². The van der Waals surface area contributed by atoms with E-state index in [4.69, 9.17) is 9.47 Å². The van der Waals surface area contributed by atoms with Gasteiger partial charge in [0.15, 0.2) is 0 Å². The molecule has 0 spiro atoms. The van der Waals surface area contributed by atoms with E-state index in [1.807, 2.05) is 0 Å². The lowest BCUT2D eigenvalue weighted by Crippen LogP contribution is -2.47. The minimum absolute atomic E-state index is 0.0301. The molecule has 0 radical (unpaired) electrons. The van der Waals surface area contributed by atoms with Crippen LogP contribution in [0.5, 0.6) is 11.8 Å². The molecule has 130 valence electrons. The highest BCUT2D eigenvalue weighted by Crippen LogP contribution is 2.25. The van der Waals surface area contributed by atoms with E-state index in [-0.39, 0.29) is 23.8 Å². The first-order chi connectivity index (χ1) is 11.6. The van der Waals surface area contributed by atoms with Crippen LogP contribution in [0.2, 0.25) is 0 Å². The van der Waals surface area contributed by atoms with Crippen LogP contribution in [0.25, 0.3) is 0 Å². The van der Waals surface area contributed by atoms with Gasteiger partial charge in [-0.3, -0.25) is 9.59 Å². The predicted molar refractivity (Wildman–Crippen MR) is 84.6 cm³/mol. The van der Waals surface area contributed by atoms with Crippen molar-refractivity contribution >= 4 is 11.8 Å². The van der Waals surface area contributed by atoms with Gasteiger partial charge >= 0.3 is 0 Å². The molecule has 0 aliphatic carbocycles. The summed E-state index contributed by atoms with van der Waals surface area (Å²) in [7, 11) is 3.25. The largest absolute Gasteiger partial charge is 0.477 e. The molecular formula is C16H22N4O4. The molecule has 0 aromatic carbocycles. The lowest BCUT2D eigenvalue weighted by atomic mass is 10.0. The third-order valence-corrected chi connectivity index (χ3v) is 4.48. The molecule has 0 unspecified atom stereocenters. The van der Waals surface area contributed by atoms with Crippen molar-refractivity contribution in [1.82, 2.24) is 19.8 Å². The van der Waals surface area contributed by atoms with E-state index in [1.165, 1.54) is 13.3 Å². The number of ether oxygens (including phenoxy) is 2. The van der Waals surface area contributed by atoms with Gasteiger partial charge in [-0.1, -0.05) is 0 Å². The Kier molecular flexibility index (Phi) is 4.82. The van der Waals surface area contributed by atoms with Gasteiger partial charge < -0.3 is 19.3 Å². The van der Waals surface area contributed by atoms with Crippen LogP contribution in [-0.2, 0) is 9.59 Å². The van der Waals surface area contributed by atoms with Crippen LogP contribution in [0, 0.1) is 5.92 Å². The highest BCUT2D eigenvalue weighted by molar-refractivity contribution is 5.89. The van der Waals surface area contributed by atoms with Gasteiger partial charge in [0.2, 0.25) is 11.8 Å². The molecule has 2 amide bonds. The SMILES string of the molecule is COc1nccnc1O[C@H]1CCCN(C(=O)[C@H]2CC(=O)N(C)C2)C1. The van der Waals surface area contributed by atoms with Crippen LogP contribution in [0.4, 0.5) is 0 Å². The number of likely N-dealkylation sites (tertiary alicyclic amines) is 2. The Morgan fingerprint density at radius 2 is 2.00 bits per heavy atom. The second-order valence-corrected chi connectivity index (χ2v) is 6.21. The average Bonchev–Trinajstić information content (AvgIpc) is 2.94. The van der Waals surface area contributed by atoms with Gasteiger partial charge in [-0.2, -0.15) is 0 Å². The zero-order chi connectivity index (χ0) is 17.1. The summed E-state index contributed by atoms with van der Waals surface area (Å²) in [5.41, 5.74) is 0. The number of carbonyl (C=O) groups excluding carboxylic acids is 2. The van der Waals surface area contributed by atoms with Gasteiger partial charge in [-0.15, -0.1) is 0 Å². The number of aromatic nitrogens is 2. The Morgan fingerprint density at radius 3 is 2.67 bits per heavy atom. The Balaban J connectivity index is 1.62. The van der Waals surface area contributed by atoms with E-state index >= 15 is 0 Å². The third kappa shape index (κ3) is 3.42. The lowest BCUT2D eigenvalue weighted by molar-refractivity contribution is -0.138. The van der Waals surface area contributed by atoms with Gasteiger partial charge in [0.05, 0.1) is 19.6 Å². The molecule has 8 nitrogen and oxygen atoms in total.